The van der Waals surface area contributed by atoms with E-state index in [4.69, 9.17) is 0 Å². The molecule has 0 saturated heterocycles. The predicted octanol–water partition coefficient (Wildman–Crippen LogP) is 4.34. The molecule has 0 aliphatic heterocycles. The first kappa shape index (κ1) is 19.2. The van der Waals surface area contributed by atoms with Crippen LogP contribution in [0.1, 0.15) is 28.6 Å². The number of carbonyl (C=O) groups is 1. The number of nitrogens with one attached hydrogen (secondary N) is 2. The van der Waals surface area contributed by atoms with E-state index in [1.807, 2.05) is 24.5 Å². The summed E-state index contributed by atoms with van der Waals surface area (Å²) < 4.78 is 53.8. The molecule has 27 heavy (non-hydrogen) atoms. The lowest BCUT2D eigenvalue weighted by Crippen LogP contribution is -2.31. The number of aromatic amines is 1. The molecule has 9 heteroatoms. The first-order valence-corrected chi connectivity index (χ1v) is 9.39. The van der Waals surface area contributed by atoms with Crippen LogP contribution in [0.2, 0.25) is 0 Å². The molecule has 0 aliphatic carbocycles. The van der Waals surface area contributed by atoms with Gasteiger partial charge in [-0.3, -0.25) is 4.79 Å². The van der Waals surface area contributed by atoms with Crippen LogP contribution in [-0.4, -0.2) is 27.9 Å². The van der Waals surface area contributed by atoms with Gasteiger partial charge in [0.1, 0.15) is 5.82 Å². The van der Waals surface area contributed by atoms with Crippen LogP contribution in [0, 0.1) is 23.3 Å². The van der Waals surface area contributed by atoms with Gasteiger partial charge in [0.25, 0.3) is 5.91 Å². The van der Waals surface area contributed by atoms with Crippen LogP contribution < -0.4 is 5.32 Å². The van der Waals surface area contributed by atoms with E-state index in [0.717, 1.165) is 5.52 Å². The maximum absolute atomic E-state index is 13.9. The lowest BCUT2D eigenvalue weighted by Gasteiger charge is -2.17. The number of hydrogen-bond donors (Lipinski definition) is 2. The van der Waals surface area contributed by atoms with Gasteiger partial charge in [0, 0.05) is 0 Å². The number of halogens is 4. The Balaban J connectivity index is 1.91. The average Bonchev–Trinajstić information content (AvgIpc) is 3.10. The number of amides is 1. The maximum Gasteiger partial charge on any atom is 0.255 e. The second-order valence-electron chi connectivity index (χ2n) is 5.79. The van der Waals surface area contributed by atoms with E-state index >= 15 is 0 Å². The number of nitrogens with zero attached hydrogens (tertiary/aromatic N) is 1. The molecule has 3 rings (SSSR count). The zero-order valence-corrected chi connectivity index (χ0v) is 15.0. The largest absolute Gasteiger partial charge is 0.342 e. The van der Waals surface area contributed by atoms with E-state index in [9.17, 15) is 22.4 Å². The third-order valence-corrected chi connectivity index (χ3v) is 4.64. The summed E-state index contributed by atoms with van der Waals surface area (Å²) in [6.45, 7) is 0. The van der Waals surface area contributed by atoms with Gasteiger partial charge in [0.15, 0.2) is 23.3 Å². The van der Waals surface area contributed by atoms with Gasteiger partial charge >= 0.3 is 0 Å². The predicted molar refractivity (Wildman–Crippen MR) is 95.6 cm³/mol. The maximum atomic E-state index is 13.9. The van der Waals surface area contributed by atoms with Gasteiger partial charge in [-0.1, -0.05) is 12.1 Å². The van der Waals surface area contributed by atoms with E-state index in [-0.39, 0.29) is 0 Å². The van der Waals surface area contributed by atoms with Gasteiger partial charge in [-0.25, -0.2) is 22.5 Å². The van der Waals surface area contributed by atoms with Gasteiger partial charge in [-0.15, -0.1) is 0 Å². The normalized spacial score (nSPS) is 12.3. The molecule has 0 fully saturated rings. The summed E-state index contributed by atoms with van der Waals surface area (Å²) in [6.07, 6.45) is 2.32. The molecule has 4 nitrogen and oxygen atoms in total. The van der Waals surface area contributed by atoms with E-state index in [1.54, 1.807) is 6.07 Å². The lowest BCUT2D eigenvalue weighted by atomic mass is 10.1. The average molecular weight is 397 g/mol. The van der Waals surface area contributed by atoms with E-state index in [1.165, 1.54) is 11.8 Å². The highest BCUT2D eigenvalue weighted by atomic mass is 32.2. The van der Waals surface area contributed by atoms with Crippen LogP contribution in [0.3, 0.4) is 0 Å². The summed E-state index contributed by atoms with van der Waals surface area (Å²) in [4.78, 5) is 19.9. The molecule has 1 aromatic heterocycles. The molecule has 142 valence electrons. The molecule has 2 aromatic carbocycles. The van der Waals surface area contributed by atoms with Crippen molar-refractivity contribution in [1.29, 1.82) is 0 Å². The second kappa shape index (κ2) is 7.99. The fraction of sp³-hybridized carbons (Fsp3) is 0.222. The minimum Gasteiger partial charge on any atom is -0.342 e. The SMILES string of the molecule is CSCCC(NC(=O)c1cc(F)c(F)c(F)c1F)c1nc2ccccc2[nH]1. The van der Waals surface area contributed by atoms with Gasteiger partial charge in [-0.05, 0) is 36.6 Å². The highest BCUT2D eigenvalue weighted by Gasteiger charge is 2.26. The molecule has 2 N–H and O–H groups in total. The summed E-state index contributed by atoms with van der Waals surface area (Å²) in [7, 11) is 0. The Morgan fingerprint density at radius 3 is 2.63 bits per heavy atom. The summed E-state index contributed by atoms with van der Waals surface area (Å²) in [5.74, 6) is -7.33. The van der Waals surface area contributed by atoms with E-state index < -0.39 is 40.8 Å². The Kier molecular flexibility index (Phi) is 5.69. The van der Waals surface area contributed by atoms with Crippen LogP contribution in [0.4, 0.5) is 17.6 Å². The Morgan fingerprint density at radius 2 is 1.93 bits per heavy atom. The number of thioether (sulfide) groups is 1. The third-order valence-electron chi connectivity index (χ3n) is 4.00. The molecule has 1 atom stereocenters. The molecule has 0 spiro atoms. The number of para-hydroxylation sites is 2. The quantitative estimate of drug-likeness (QED) is 0.370. The zero-order chi connectivity index (χ0) is 19.6. The summed E-state index contributed by atoms with van der Waals surface area (Å²) in [5.41, 5.74) is 0.526. The first-order chi connectivity index (χ1) is 12.9. The third kappa shape index (κ3) is 3.92. The molecular formula is C18H15F4N3OS. The number of hydrogen-bond acceptors (Lipinski definition) is 3. The summed E-state index contributed by atoms with van der Waals surface area (Å²) in [6, 6.07) is 6.92. The molecule has 0 bridgehead atoms. The van der Waals surface area contributed by atoms with Gasteiger partial charge in [0.2, 0.25) is 0 Å². The minimum atomic E-state index is -2.02. The number of H-pyrrole nitrogens is 1. The zero-order valence-electron chi connectivity index (χ0n) is 14.2. The van der Waals surface area contributed by atoms with Crippen LogP contribution in [0.5, 0.6) is 0 Å². The highest BCUT2D eigenvalue weighted by Crippen LogP contribution is 2.23. The van der Waals surface area contributed by atoms with Crippen molar-refractivity contribution in [2.75, 3.05) is 12.0 Å². The topological polar surface area (TPSA) is 57.8 Å². The van der Waals surface area contributed by atoms with Crippen LogP contribution in [-0.2, 0) is 0 Å². The Hall–Kier alpha value is -2.55. The van der Waals surface area contributed by atoms with Crippen molar-refractivity contribution in [3.63, 3.8) is 0 Å². The number of imidazole rings is 1. The first-order valence-electron chi connectivity index (χ1n) is 7.99. The highest BCUT2D eigenvalue weighted by molar-refractivity contribution is 7.98. The number of aromatic nitrogens is 2. The number of carbonyl (C=O) groups excluding carboxylic acids is 1. The van der Waals surface area contributed by atoms with Crippen molar-refractivity contribution in [1.82, 2.24) is 15.3 Å². The number of benzene rings is 2. The van der Waals surface area contributed by atoms with Crippen LogP contribution >= 0.6 is 11.8 Å². The standard InChI is InChI=1S/C18H15F4N3OS/c1-27-7-6-13(17-23-11-4-2-3-5-12(11)24-17)25-18(26)9-8-10(19)15(21)16(22)14(9)20/h2-5,8,13H,6-7H2,1H3,(H,23,24)(H,25,26). The van der Waals surface area contributed by atoms with Gasteiger partial charge < -0.3 is 10.3 Å². The smallest absolute Gasteiger partial charge is 0.255 e. The molecule has 0 saturated carbocycles. The van der Waals surface area contributed by atoms with Crippen molar-refractivity contribution in [2.24, 2.45) is 0 Å². The monoisotopic (exact) mass is 397 g/mol. The van der Waals surface area contributed by atoms with Crippen molar-refractivity contribution in [3.05, 3.63) is 65.0 Å². The number of fused-ring (bicyclic) bond motifs is 1. The van der Waals surface area contributed by atoms with E-state index in [0.29, 0.717) is 29.6 Å². The Bertz CT molecular complexity index is 959. The second-order valence-corrected chi connectivity index (χ2v) is 6.78. The fourth-order valence-electron chi connectivity index (χ4n) is 2.62. The van der Waals surface area contributed by atoms with Gasteiger partial charge in [-0.2, -0.15) is 11.8 Å². The minimum absolute atomic E-state index is 0.341. The Morgan fingerprint density at radius 1 is 1.19 bits per heavy atom. The summed E-state index contributed by atoms with van der Waals surface area (Å²) in [5, 5.41) is 2.52. The van der Waals surface area contributed by atoms with Gasteiger partial charge in [0.05, 0.1) is 22.6 Å². The Labute approximate surface area is 156 Å². The molecule has 1 amide bonds. The molecule has 0 radical (unpaired) electrons. The van der Waals surface area contributed by atoms with Crippen molar-refractivity contribution in [2.45, 2.75) is 12.5 Å². The number of rotatable bonds is 6. The molecule has 1 unspecified atom stereocenters. The molecule has 3 aromatic rings. The van der Waals surface area contributed by atoms with Crippen LogP contribution in [0.15, 0.2) is 30.3 Å². The molecular weight excluding hydrogens is 382 g/mol. The van der Waals surface area contributed by atoms with Crippen LogP contribution in [0.25, 0.3) is 11.0 Å². The van der Waals surface area contributed by atoms with Crippen molar-refractivity contribution >= 4 is 28.7 Å². The van der Waals surface area contributed by atoms with E-state index in [2.05, 4.69) is 15.3 Å². The summed E-state index contributed by atoms with van der Waals surface area (Å²) >= 11 is 1.53. The fourth-order valence-corrected chi connectivity index (χ4v) is 3.10. The molecule has 1 heterocycles. The van der Waals surface area contributed by atoms with Crippen molar-refractivity contribution in [3.8, 4) is 0 Å². The van der Waals surface area contributed by atoms with Crippen molar-refractivity contribution < 1.29 is 22.4 Å². The lowest BCUT2D eigenvalue weighted by molar-refractivity contribution is 0.0928. The molecule has 0 aliphatic rings.